The lowest BCUT2D eigenvalue weighted by Crippen LogP contribution is -2.36. The molecule has 25 heavy (non-hydrogen) atoms. The Morgan fingerprint density at radius 2 is 1.92 bits per heavy atom. The van der Waals surface area contributed by atoms with Crippen LogP contribution in [0.1, 0.15) is 61.5 Å². The molecule has 0 aliphatic heterocycles. The van der Waals surface area contributed by atoms with Crippen LogP contribution in [0.2, 0.25) is 0 Å². The van der Waals surface area contributed by atoms with Crippen molar-refractivity contribution in [2.24, 2.45) is 17.8 Å². The van der Waals surface area contributed by atoms with E-state index in [1.54, 1.807) is 6.07 Å². The standard InChI is InChI=1S/C21H30O4/c1-13(2)17-9-7-15(4)11-19(17)25-20(22)12-24-21(23)18-10-14(3)6-8-16(18)5/h6,8,10,13,15,17,19H,7,9,11-12H2,1-5H3/t15-,17+,19-/m1/s1. The lowest BCUT2D eigenvalue weighted by Gasteiger charge is -2.36. The zero-order chi connectivity index (χ0) is 18.6. The van der Waals surface area contributed by atoms with Crippen molar-refractivity contribution in [1.82, 2.24) is 0 Å². The largest absolute Gasteiger partial charge is 0.460 e. The van der Waals surface area contributed by atoms with E-state index in [1.165, 1.54) is 6.42 Å². The number of carbonyl (C=O) groups is 2. The summed E-state index contributed by atoms with van der Waals surface area (Å²) < 4.78 is 10.8. The Bertz CT molecular complexity index is 620. The van der Waals surface area contributed by atoms with Gasteiger partial charge in [-0.3, -0.25) is 0 Å². The van der Waals surface area contributed by atoms with Crippen LogP contribution in [0.3, 0.4) is 0 Å². The van der Waals surface area contributed by atoms with Crippen LogP contribution < -0.4 is 0 Å². The van der Waals surface area contributed by atoms with Crippen molar-refractivity contribution in [3.05, 3.63) is 34.9 Å². The van der Waals surface area contributed by atoms with E-state index < -0.39 is 11.9 Å². The van der Waals surface area contributed by atoms with Gasteiger partial charge in [0, 0.05) is 0 Å². The van der Waals surface area contributed by atoms with E-state index in [1.807, 2.05) is 26.0 Å². The predicted molar refractivity (Wildman–Crippen MR) is 97.4 cm³/mol. The molecule has 1 aromatic carbocycles. The molecule has 0 saturated heterocycles. The highest BCUT2D eigenvalue weighted by Crippen LogP contribution is 2.35. The molecular formula is C21H30O4. The second-order valence-electron chi connectivity index (χ2n) is 7.75. The molecule has 0 spiro atoms. The van der Waals surface area contributed by atoms with E-state index in [4.69, 9.17) is 9.47 Å². The van der Waals surface area contributed by atoms with Crippen molar-refractivity contribution in [3.63, 3.8) is 0 Å². The number of esters is 2. The maximum atomic E-state index is 12.2. The molecule has 1 fully saturated rings. The Labute approximate surface area is 150 Å². The Morgan fingerprint density at radius 3 is 2.60 bits per heavy atom. The van der Waals surface area contributed by atoms with Crippen molar-refractivity contribution in [2.75, 3.05) is 6.61 Å². The maximum absolute atomic E-state index is 12.2. The molecule has 0 radical (unpaired) electrons. The second-order valence-corrected chi connectivity index (χ2v) is 7.75. The highest BCUT2D eigenvalue weighted by Gasteiger charge is 2.33. The Morgan fingerprint density at radius 1 is 1.20 bits per heavy atom. The lowest BCUT2D eigenvalue weighted by molar-refractivity contribution is -0.159. The molecule has 1 aromatic rings. The summed E-state index contributed by atoms with van der Waals surface area (Å²) >= 11 is 0. The van der Waals surface area contributed by atoms with E-state index in [0.29, 0.717) is 23.3 Å². The van der Waals surface area contributed by atoms with Gasteiger partial charge in [-0.1, -0.05) is 44.9 Å². The summed E-state index contributed by atoms with van der Waals surface area (Å²) in [4.78, 5) is 24.4. The van der Waals surface area contributed by atoms with Gasteiger partial charge in [-0.05, 0) is 56.1 Å². The highest BCUT2D eigenvalue weighted by molar-refractivity contribution is 5.92. The number of hydrogen-bond acceptors (Lipinski definition) is 4. The van der Waals surface area contributed by atoms with Gasteiger partial charge in [0.1, 0.15) is 6.10 Å². The van der Waals surface area contributed by atoms with Gasteiger partial charge in [-0.15, -0.1) is 0 Å². The summed E-state index contributed by atoms with van der Waals surface area (Å²) in [5, 5.41) is 0. The quantitative estimate of drug-likeness (QED) is 0.739. The number of carbonyl (C=O) groups excluding carboxylic acids is 2. The van der Waals surface area contributed by atoms with E-state index in [2.05, 4.69) is 20.8 Å². The van der Waals surface area contributed by atoms with Crippen molar-refractivity contribution < 1.29 is 19.1 Å². The molecule has 0 N–H and O–H groups in total. The van der Waals surface area contributed by atoms with E-state index >= 15 is 0 Å². The molecule has 2 rings (SSSR count). The molecule has 1 saturated carbocycles. The van der Waals surface area contributed by atoms with Gasteiger partial charge in [0.05, 0.1) is 5.56 Å². The predicted octanol–water partition coefficient (Wildman–Crippen LogP) is 4.46. The fourth-order valence-electron chi connectivity index (χ4n) is 3.61. The van der Waals surface area contributed by atoms with Crippen LogP contribution >= 0.6 is 0 Å². The Kier molecular flexibility index (Phi) is 6.63. The van der Waals surface area contributed by atoms with Crippen molar-refractivity contribution in [2.45, 2.75) is 60.0 Å². The minimum Gasteiger partial charge on any atom is -0.460 e. The minimum absolute atomic E-state index is 0.0735. The summed E-state index contributed by atoms with van der Waals surface area (Å²) in [5.41, 5.74) is 2.32. The normalized spacial score (nSPS) is 23.4. The van der Waals surface area contributed by atoms with Gasteiger partial charge in [-0.25, -0.2) is 9.59 Å². The fourth-order valence-corrected chi connectivity index (χ4v) is 3.61. The Balaban J connectivity index is 1.91. The zero-order valence-electron chi connectivity index (χ0n) is 16.0. The van der Waals surface area contributed by atoms with Crippen molar-refractivity contribution in [1.29, 1.82) is 0 Å². The molecule has 3 atom stereocenters. The Hall–Kier alpha value is -1.84. The number of ether oxygens (including phenoxy) is 2. The number of benzene rings is 1. The summed E-state index contributed by atoms with van der Waals surface area (Å²) in [5.74, 6) is 0.488. The van der Waals surface area contributed by atoms with Gasteiger partial charge < -0.3 is 9.47 Å². The summed E-state index contributed by atoms with van der Waals surface area (Å²) in [6.07, 6.45) is 3.08. The average Bonchev–Trinajstić information content (AvgIpc) is 2.54. The van der Waals surface area contributed by atoms with E-state index in [9.17, 15) is 9.59 Å². The van der Waals surface area contributed by atoms with Gasteiger partial charge in [0.15, 0.2) is 6.61 Å². The van der Waals surface area contributed by atoms with Crippen LogP contribution in [-0.4, -0.2) is 24.6 Å². The van der Waals surface area contributed by atoms with E-state index in [-0.39, 0.29) is 12.7 Å². The third kappa shape index (κ3) is 5.32. The number of hydrogen-bond donors (Lipinski definition) is 0. The van der Waals surface area contributed by atoms with Crippen LogP contribution in [0, 0.1) is 31.6 Å². The molecule has 0 unspecified atom stereocenters. The molecule has 4 heteroatoms. The first-order chi connectivity index (χ1) is 11.8. The monoisotopic (exact) mass is 346 g/mol. The van der Waals surface area contributed by atoms with Crippen LogP contribution in [-0.2, 0) is 14.3 Å². The first kappa shape index (κ1) is 19.5. The molecule has 1 aliphatic carbocycles. The number of rotatable bonds is 5. The van der Waals surface area contributed by atoms with Crippen LogP contribution in [0.25, 0.3) is 0 Å². The summed E-state index contributed by atoms with van der Waals surface area (Å²) in [7, 11) is 0. The first-order valence-electron chi connectivity index (χ1n) is 9.21. The number of aryl methyl sites for hydroxylation is 2. The summed E-state index contributed by atoms with van der Waals surface area (Å²) in [6.45, 7) is 9.97. The highest BCUT2D eigenvalue weighted by atomic mass is 16.6. The molecule has 4 nitrogen and oxygen atoms in total. The molecule has 0 bridgehead atoms. The van der Waals surface area contributed by atoms with Gasteiger partial charge >= 0.3 is 11.9 Å². The zero-order valence-corrected chi connectivity index (χ0v) is 16.0. The summed E-state index contributed by atoms with van der Waals surface area (Å²) in [6, 6.07) is 5.60. The molecule has 1 aliphatic rings. The topological polar surface area (TPSA) is 52.6 Å². The molecule has 0 aromatic heterocycles. The third-order valence-electron chi connectivity index (χ3n) is 5.18. The molecule has 0 amide bonds. The maximum Gasteiger partial charge on any atom is 0.344 e. The van der Waals surface area contributed by atoms with Gasteiger partial charge in [0.25, 0.3) is 0 Å². The van der Waals surface area contributed by atoms with Crippen LogP contribution in [0.5, 0.6) is 0 Å². The van der Waals surface area contributed by atoms with Crippen LogP contribution in [0.4, 0.5) is 0 Å². The van der Waals surface area contributed by atoms with Crippen LogP contribution in [0.15, 0.2) is 18.2 Å². The van der Waals surface area contributed by atoms with Crippen molar-refractivity contribution in [3.8, 4) is 0 Å². The van der Waals surface area contributed by atoms with Gasteiger partial charge in [-0.2, -0.15) is 0 Å². The molecular weight excluding hydrogens is 316 g/mol. The lowest BCUT2D eigenvalue weighted by atomic mass is 9.75. The smallest absolute Gasteiger partial charge is 0.344 e. The molecule has 138 valence electrons. The van der Waals surface area contributed by atoms with E-state index in [0.717, 1.165) is 24.0 Å². The minimum atomic E-state index is -0.476. The first-order valence-corrected chi connectivity index (χ1v) is 9.21. The SMILES string of the molecule is Cc1ccc(C)c(C(=O)OCC(=O)O[C@@H]2C[C@H](C)CC[C@H]2C(C)C)c1. The average molecular weight is 346 g/mol. The fraction of sp³-hybridized carbons (Fsp3) is 0.619. The third-order valence-corrected chi connectivity index (χ3v) is 5.18. The van der Waals surface area contributed by atoms with Gasteiger partial charge in [0.2, 0.25) is 0 Å². The van der Waals surface area contributed by atoms with Crippen molar-refractivity contribution >= 4 is 11.9 Å². The molecule has 0 heterocycles. The second kappa shape index (κ2) is 8.50.